The first-order chi connectivity index (χ1) is 15.5. The van der Waals surface area contributed by atoms with Crippen LogP contribution in [0.2, 0.25) is 0 Å². The van der Waals surface area contributed by atoms with E-state index in [0.29, 0.717) is 18.0 Å². The Hall–Kier alpha value is -3.52. The topological polar surface area (TPSA) is 86.3 Å². The first kappa shape index (κ1) is 23.1. The van der Waals surface area contributed by atoms with Gasteiger partial charge in [0.1, 0.15) is 11.6 Å². The van der Waals surface area contributed by atoms with E-state index < -0.39 is 17.9 Å². The third-order valence-electron chi connectivity index (χ3n) is 5.09. The van der Waals surface area contributed by atoms with Gasteiger partial charge in [0.15, 0.2) is 11.5 Å². The molecular weight excluding hydrogens is 412 g/mol. The molecule has 2 aromatic rings. The number of carbonyl (C=O) groups is 2. The summed E-state index contributed by atoms with van der Waals surface area (Å²) in [7, 11) is 4.41. The van der Waals surface area contributed by atoms with Gasteiger partial charge in [0, 0.05) is 12.1 Å². The zero-order valence-corrected chi connectivity index (χ0v) is 18.7. The number of rotatable bonds is 9. The molecule has 1 unspecified atom stereocenters. The lowest BCUT2D eigenvalue weighted by Gasteiger charge is -2.25. The van der Waals surface area contributed by atoms with Crippen molar-refractivity contribution in [3.05, 3.63) is 71.0 Å². The van der Waals surface area contributed by atoms with E-state index in [1.165, 1.54) is 7.11 Å². The van der Waals surface area contributed by atoms with E-state index >= 15 is 0 Å². The molecule has 0 bridgehead atoms. The molecule has 1 atom stereocenters. The van der Waals surface area contributed by atoms with Crippen molar-refractivity contribution in [1.82, 2.24) is 10.4 Å². The van der Waals surface area contributed by atoms with Gasteiger partial charge in [-0.15, -0.1) is 5.06 Å². The highest BCUT2D eigenvalue weighted by atomic mass is 16.7. The molecule has 0 aromatic heterocycles. The second-order valence-corrected chi connectivity index (χ2v) is 7.12. The number of hydroxylamine groups is 2. The summed E-state index contributed by atoms with van der Waals surface area (Å²) < 4.78 is 16.0. The first-order valence-electron chi connectivity index (χ1n) is 10.4. The number of para-hydroxylation sites is 1. The van der Waals surface area contributed by atoms with Crippen LogP contribution in [0.3, 0.4) is 0 Å². The molecule has 0 saturated heterocycles. The molecule has 3 rings (SSSR count). The normalized spacial score (nSPS) is 15.8. The quantitative estimate of drug-likeness (QED) is 0.600. The van der Waals surface area contributed by atoms with Crippen LogP contribution in [0.25, 0.3) is 0 Å². The Bertz CT molecular complexity index is 989. The zero-order chi connectivity index (χ0) is 23.1. The predicted molar refractivity (Wildman–Crippen MR) is 118 cm³/mol. The van der Waals surface area contributed by atoms with Crippen LogP contribution in [-0.2, 0) is 25.7 Å². The van der Waals surface area contributed by atoms with Crippen LogP contribution in [0.15, 0.2) is 59.9 Å². The minimum absolute atomic E-state index is 0.0685. The molecule has 0 radical (unpaired) electrons. The second-order valence-electron chi connectivity index (χ2n) is 7.12. The molecule has 1 heterocycles. The zero-order valence-electron chi connectivity index (χ0n) is 18.7. The smallest absolute Gasteiger partial charge is 0.339 e. The van der Waals surface area contributed by atoms with E-state index in [1.807, 2.05) is 49.4 Å². The van der Waals surface area contributed by atoms with Crippen molar-refractivity contribution in [3.8, 4) is 11.5 Å². The van der Waals surface area contributed by atoms with Crippen molar-refractivity contribution in [2.45, 2.75) is 25.9 Å². The van der Waals surface area contributed by atoms with Crippen LogP contribution in [0.4, 0.5) is 0 Å². The van der Waals surface area contributed by atoms with E-state index in [0.717, 1.165) is 17.5 Å². The van der Waals surface area contributed by atoms with Gasteiger partial charge >= 0.3 is 5.97 Å². The van der Waals surface area contributed by atoms with Gasteiger partial charge in [0.2, 0.25) is 5.76 Å². The predicted octanol–water partition coefficient (Wildman–Crippen LogP) is 3.15. The van der Waals surface area contributed by atoms with Crippen LogP contribution in [0.1, 0.15) is 30.5 Å². The van der Waals surface area contributed by atoms with Gasteiger partial charge in [-0.05, 0) is 18.1 Å². The third kappa shape index (κ3) is 4.70. The molecule has 8 nitrogen and oxygen atoms in total. The van der Waals surface area contributed by atoms with Gasteiger partial charge in [-0.1, -0.05) is 49.4 Å². The fraction of sp³-hybridized carbons (Fsp3) is 0.333. The molecule has 0 fully saturated rings. The lowest BCUT2D eigenvalue weighted by molar-refractivity contribution is -0.147. The highest BCUT2D eigenvalue weighted by molar-refractivity contribution is 6.02. The average Bonchev–Trinajstić information content (AvgIpc) is 3.21. The summed E-state index contributed by atoms with van der Waals surface area (Å²) in [6, 6.07) is 14.2. The first-order valence-corrected chi connectivity index (χ1v) is 10.4. The van der Waals surface area contributed by atoms with Crippen molar-refractivity contribution in [1.29, 1.82) is 0 Å². The molecule has 0 aliphatic carbocycles. The number of ether oxygens (including phenoxy) is 3. The summed E-state index contributed by atoms with van der Waals surface area (Å²) in [5, 5.41) is 4.36. The Kier molecular flexibility index (Phi) is 7.72. The standard InChI is InChI=1S/C24H28N2O6/c1-5-14-25-23(27)22-19(24(28)31-4)20(16-10-7-6-8-11-16)26(32-22)15-17-12-9-13-18(29-2)21(17)30-3/h6-13,20H,5,14-15H2,1-4H3,(H,25,27). The number of amides is 1. The number of nitrogens with one attached hydrogen (secondary N) is 1. The van der Waals surface area contributed by atoms with Crippen LogP contribution >= 0.6 is 0 Å². The average molecular weight is 440 g/mol. The van der Waals surface area contributed by atoms with Crippen molar-refractivity contribution < 1.29 is 28.6 Å². The molecular formula is C24H28N2O6. The number of benzene rings is 2. The fourth-order valence-corrected chi connectivity index (χ4v) is 3.62. The number of carbonyl (C=O) groups excluding carboxylic acids is 2. The molecule has 1 aliphatic heterocycles. The Balaban J connectivity index is 2.07. The minimum Gasteiger partial charge on any atom is -0.493 e. The molecule has 32 heavy (non-hydrogen) atoms. The van der Waals surface area contributed by atoms with E-state index in [9.17, 15) is 9.59 Å². The maximum absolute atomic E-state index is 12.9. The Labute approximate surface area is 187 Å². The van der Waals surface area contributed by atoms with Crippen molar-refractivity contribution in [2.24, 2.45) is 0 Å². The number of esters is 1. The summed E-state index contributed by atoms with van der Waals surface area (Å²) >= 11 is 0. The van der Waals surface area contributed by atoms with Gasteiger partial charge in [0.25, 0.3) is 5.91 Å². The van der Waals surface area contributed by atoms with E-state index in [1.54, 1.807) is 25.3 Å². The highest BCUT2D eigenvalue weighted by Gasteiger charge is 2.43. The van der Waals surface area contributed by atoms with Gasteiger partial charge in [-0.2, -0.15) is 0 Å². The van der Waals surface area contributed by atoms with Crippen molar-refractivity contribution >= 4 is 11.9 Å². The molecule has 0 saturated carbocycles. The van der Waals surface area contributed by atoms with Gasteiger partial charge in [-0.25, -0.2) is 4.79 Å². The monoisotopic (exact) mass is 440 g/mol. The summed E-state index contributed by atoms with van der Waals surface area (Å²) in [6.45, 7) is 2.63. The number of hydrogen-bond acceptors (Lipinski definition) is 7. The van der Waals surface area contributed by atoms with E-state index in [-0.39, 0.29) is 17.9 Å². The Morgan fingerprint density at radius 3 is 2.41 bits per heavy atom. The van der Waals surface area contributed by atoms with E-state index in [2.05, 4.69) is 5.32 Å². The maximum Gasteiger partial charge on any atom is 0.339 e. The molecule has 2 aromatic carbocycles. The van der Waals surface area contributed by atoms with Crippen LogP contribution in [0, 0.1) is 0 Å². The highest BCUT2D eigenvalue weighted by Crippen LogP contribution is 2.41. The summed E-state index contributed by atoms with van der Waals surface area (Å²) in [6.07, 6.45) is 0.749. The Morgan fingerprint density at radius 1 is 1.03 bits per heavy atom. The van der Waals surface area contributed by atoms with Crippen LogP contribution in [0.5, 0.6) is 11.5 Å². The molecule has 1 N–H and O–H groups in total. The minimum atomic E-state index is -0.651. The van der Waals surface area contributed by atoms with Crippen LogP contribution < -0.4 is 14.8 Å². The molecule has 0 spiro atoms. The maximum atomic E-state index is 12.9. The lowest BCUT2D eigenvalue weighted by Crippen LogP contribution is -2.28. The molecule has 8 heteroatoms. The largest absolute Gasteiger partial charge is 0.493 e. The van der Waals surface area contributed by atoms with Gasteiger partial charge < -0.3 is 24.4 Å². The van der Waals surface area contributed by atoms with Crippen molar-refractivity contribution in [3.63, 3.8) is 0 Å². The second kappa shape index (κ2) is 10.7. The third-order valence-corrected chi connectivity index (χ3v) is 5.09. The summed E-state index contributed by atoms with van der Waals surface area (Å²) in [5.41, 5.74) is 1.70. The number of methoxy groups -OCH3 is 3. The van der Waals surface area contributed by atoms with Crippen LogP contribution in [-0.4, -0.2) is 44.8 Å². The molecule has 170 valence electrons. The summed E-state index contributed by atoms with van der Waals surface area (Å²) in [5.74, 6) is -0.0358. The Morgan fingerprint density at radius 2 is 1.78 bits per heavy atom. The molecule has 1 amide bonds. The SMILES string of the molecule is CCCNC(=O)C1=C(C(=O)OC)C(c2ccccc2)N(Cc2cccc(OC)c2OC)O1. The molecule has 1 aliphatic rings. The summed E-state index contributed by atoms with van der Waals surface area (Å²) in [4.78, 5) is 31.7. The van der Waals surface area contributed by atoms with E-state index in [4.69, 9.17) is 19.0 Å². The van der Waals surface area contributed by atoms with Gasteiger partial charge in [0.05, 0.1) is 27.9 Å². The van der Waals surface area contributed by atoms with Gasteiger partial charge in [-0.3, -0.25) is 4.79 Å². The fourth-order valence-electron chi connectivity index (χ4n) is 3.62. The lowest BCUT2D eigenvalue weighted by atomic mass is 9.97. The number of hydrogen-bond donors (Lipinski definition) is 1. The van der Waals surface area contributed by atoms with Crippen molar-refractivity contribution in [2.75, 3.05) is 27.9 Å². The number of nitrogens with zero attached hydrogens (tertiary/aromatic N) is 1.